The number of hydrogen-bond acceptors (Lipinski definition) is 4. The second-order valence-electron chi connectivity index (χ2n) is 6.07. The van der Waals surface area contributed by atoms with Crippen LogP contribution >= 0.6 is 11.8 Å². The maximum absolute atomic E-state index is 9.66. The van der Waals surface area contributed by atoms with E-state index in [2.05, 4.69) is 11.4 Å². The van der Waals surface area contributed by atoms with E-state index in [1.807, 2.05) is 24.8 Å². The van der Waals surface area contributed by atoms with Crippen molar-refractivity contribution < 1.29 is 4.42 Å². The fraction of sp³-hybridized carbons (Fsp3) is 0.688. The fourth-order valence-corrected chi connectivity index (χ4v) is 4.29. The molecule has 4 heteroatoms. The summed E-state index contributed by atoms with van der Waals surface area (Å²) in [4.78, 5) is 1.24. The molecule has 1 N–H and O–H groups in total. The summed E-state index contributed by atoms with van der Waals surface area (Å²) >= 11 is 1.86. The van der Waals surface area contributed by atoms with Gasteiger partial charge in [-0.15, -0.1) is 11.8 Å². The molecular formula is C16H22N2OS. The second-order valence-corrected chi connectivity index (χ2v) is 7.21. The average Bonchev–Trinajstić information content (AvgIpc) is 3.03. The minimum Gasteiger partial charge on any atom is -0.468 e. The summed E-state index contributed by atoms with van der Waals surface area (Å²) in [6.45, 7) is 2.01. The highest BCUT2D eigenvalue weighted by Gasteiger charge is 2.45. The summed E-state index contributed by atoms with van der Waals surface area (Å²) in [6.07, 6.45) is 8.77. The number of rotatable bonds is 6. The molecule has 2 aliphatic rings. The normalized spacial score (nSPS) is 29.5. The van der Waals surface area contributed by atoms with E-state index in [-0.39, 0.29) is 5.54 Å². The van der Waals surface area contributed by atoms with E-state index in [4.69, 9.17) is 4.42 Å². The van der Waals surface area contributed by atoms with Crippen LogP contribution in [0.1, 0.15) is 44.3 Å². The number of nitriles is 1. The molecule has 2 saturated carbocycles. The summed E-state index contributed by atoms with van der Waals surface area (Å²) in [5.41, 5.74) is -0.243. The third-order valence-corrected chi connectivity index (χ3v) is 5.77. The van der Waals surface area contributed by atoms with Gasteiger partial charge in [0, 0.05) is 10.9 Å². The molecule has 2 aliphatic carbocycles. The first-order valence-corrected chi connectivity index (χ1v) is 8.58. The molecule has 0 bridgehead atoms. The van der Waals surface area contributed by atoms with Crippen LogP contribution in [-0.2, 0) is 0 Å². The third kappa shape index (κ3) is 2.89. The molecule has 1 aromatic rings. The standard InChI is InChI=1S/C16H22N2OS/c1-12-15(6-9-19-12)20-10-7-13-3-2-8-16(13,11-17)18-14-4-5-14/h6,9,13-14,18H,2-5,7-8,10H2,1H3. The van der Waals surface area contributed by atoms with Crippen molar-refractivity contribution in [3.05, 3.63) is 18.1 Å². The topological polar surface area (TPSA) is 49.0 Å². The third-order valence-electron chi connectivity index (χ3n) is 4.59. The van der Waals surface area contributed by atoms with Gasteiger partial charge in [0.25, 0.3) is 0 Å². The number of aryl methyl sites for hydroxylation is 1. The van der Waals surface area contributed by atoms with Crippen LogP contribution in [0.2, 0.25) is 0 Å². The molecule has 108 valence electrons. The van der Waals surface area contributed by atoms with Crippen molar-refractivity contribution in [1.82, 2.24) is 5.32 Å². The van der Waals surface area contributed by atoms with Crippen molar-refractivity contribution in [2.45, 2.75) is 61.9 Å². The lowest BCUT2D eigenvalue weighted by Crippen LogP contribution is -2.48. The first kappa shape index (κ1) is 14.0. The van der Waals surface area contributed by atoms with E-state index < -0.39 is 0 Å². The number of nitrogens with one attached hydrogen (secondary N) is 1. The Hall–Kier alpha value is -0.920. The zero-order valence-electron chi connectivity index (χ0n) is 12.0. The Morgan fingerprint density at radius 1 is 1.50 bits per heavy atom. The van der Waals surface area contributed by atoms with Crippen LogP contribution in [0.15, 0.2) is 21.6 Å². The molecule has 0 radical (unpaired) electrons. The highest BCUT2D eigenvalue weighted by atomic mass is 32.2. The largest absolute Gasteiger partial charge is 0.468 e. The predicted octanol–water partition coefficient (Wildman–Crippen LogP) is 3.88. The van der Waals surface area contributed by atoms with Crippen LogP contribution in [0.3, 0.4) is 0 Å². The minimum atomic E-state index is -0.243. The average molecular weight is 290 g/mol. The van der Waals surface area contributed by atoms with Gasteiger partial charge in [-0.3, -0.25) is 5.32 Å². The Morgan fingerprint density at radius 2 is 2.35 bits per heavy atom. The Bertz CT molecular complexity index is 503. The molecule has 2 atom stereocenters. The van der Waals surface area contributed by atoms with Gasteiger partial charge in [-0.25, -0.2) is 0 Å². The van der Waals surface area contributed by atoms with E-state index >= 15 is 0 Å². The minimum absolute atomic E-state index is 0.243. The van der Waals surface area contributed by atoms with Crippen molar-refractivity contribution in [3.63, 3.8) is 0 Å². The molecular weight excluding hydrogens is 268 g/mol. The van der Waals surface area contributed by atoms with Gasteiger partial charge in [-0.1, -0.05) is 6.42 Å². The smallest absolute Gasteiger partial charge is 0.114 e. The molecule has 3 nitrogen and oxygen atoms in total. The Morgan fingerprint density at radius 3 is 3.00 bits per heavy atom. The van der Waals surface area contributed by atoms with E-state index in [1.165, 1.54) is 30.6 Å². The molecule has 20 heavy (non-hydrogen) atoms. The molecule has 0 saturated heterocycles. The van der Waals surface area contributed by atoms with Crippen LogP contribution in [0.5, 0.6) is 0 Å². The van der Waals surface area contributed by atoms with Gasteiger partial charge < -0.3 is 4.42 Å². The second kappa shape index (κ2) is 5.83. The highest BCUT2D eigenvalue weighted by Crippen LogP contribution is 2.41. The first-order valence-electron chi connectivity index (χ1n) is 7.59. The van der Waals surface area contributed by atoms with Crippen LogP contribution < -0.4 is 5.32 Å². The summed E-state index contributed by atoms with van der Waals surface area (Å²) < 4.78 is 5.32. The number of nitrogens with zero attached hydrogens (tertiary/aromatic N) is 1. The van der Waals surface area contributed by atoms with Crippen LogP contribution in [0.25, 0.3) is 0 Å². The molecule has 0 amide bonds. The number of hydrogen-bond donors (Lipinski definition) is 1. The summed E-state index contributed by atoms with van der Waals surface area (Å²) in [7, 11) is 0. The van der Waals surface area contributed by atoms with E-state index in [1.54, 1.807) is 6.26 Å². The van der Waals surface area contributed by atoms with Crippen molar-refractivity contribution in [3.8, 4) is 6.07 Å². The molecule has 2 unspecified atom stereocenters. The van der Waals surface area contributed by atoms with Gasteiger partial charge in [-0.05, 0) is 56.8 Å². The van der Waals surface area contributed by atoms with Crippen molar-refractivity contribution in [2.24, 2.45) is 5.92 Å². The van der Waals surface area contributed by atoms with Crippen LogP contribution in [0, 0.1) is 24.2 Å². The molecule has 0 aromatic carbocycles. The van der Waals surface area contributed by atoms with Gasteiger partial charge >= 0.3 is 0 Å². The van der Waals surface area contributed by atoms with Crippen LogP contribution in [0.4, 0.5) is 0 Å². The van der Waals surface area contributed by atoms with Crippen LogP contribution in [-0.4, -0.2) is 17.3 Å². The van der Waals surface area contributed by atoms with Crippen molar-refractivity contribution in [2.75, 3.05) is 5.75 Å². The molecule has 3 rings (SSSR count). The first-order chi connectivity index (χ1) is 9.73. The van der Waals surface area contributed by atoms with E-state index in [0.717, 1.165) is 24.4 Å². The monoisotopic (exact) mass is 290 g/mol. The highest BCUT2D eigenvalue weighted by molar-refractivity contribution is 7.99. The van der Waals surface area contributed by atoms with Gasteiger partial charge in [0.1, 0.15) is 11.3 Å². The lowest BCUT2D eigenvalue weighted by Gasteiger charge is -2.30. The maximum atomic E-state index is 9.66. The van der Waals surface area contributed by atoms with Gasteiger partial charge in [-0.2, -0.15) is 5.26 Å². The quantitative estimate of drug-likeness (QED) is 0.808. The zero-order chi connectivity index (χ0) is 14.0. The predicted molar refractivity (Wildman–Crippen MR) is 80.6 cm³/mol. The van der Waals surface area contributed by atoms with E-state index in [0.29, 0.717) is 12.0 Å². The molecule has 1 heterocycles. The Kier molecular flexibility index (Phi) is 4.09. The molecule has 0 aliphatic heterocycles. The lowest BCUT2D eigenvalue weighted by atomic mass is 9.86. The van der Waals surface area contributed by atoms with Gasteiger partial charge in [0.15, 0.2) is 0 Å². The van der Waals surface area contributed by atoms with E-state index in [9.17, 15) is 5.26 Å². The summed E-state index contributed by atoms with van der Waals surface area (Å²) in [6, 6.07) is 5.26. The van der Waals surface area contributed by atoms with Crippen molar-refractivity contribution >= 4 is 11.8 Å². The lowest BCUT2D eigenvalue weighted by molar-refractivity contribution is 0.308. The molecule has 1 aromatic heterocycles. The van der Waals surface area contributed by atoms with Crippen molar-refractivity contribution in [1.29, 1.82) is 5.26 Å². The Labute approximate surface area is 125 Å². The molecule has 0 spiro atoms. The summed E-state index contributed by atoms with van der Waals surface area (Å²) in [5.74, 6) is 2.58. The van der Waals surface area contributed by atoms with Gasteiger partial charge in [0.2, 0.25) is 0 Å². The molecule has 2 fully saturated rings. The number of furan rings is 1. The maximum Gasteiger partial charge on any atom is 0.114 e. The Balaban J connectivity index is 1.55. The number of thioether (sulfide) groups is 1. The van der Waals surface area contributed by atoms with Gasteiger partial charge in [0.05, 0.1) is 12.3 Å². The fourth-order valence-electron chi connectivity index (χ4n) is 3.26. The zero-order valence-corrected chi connectivity index (χ0v) is 12.8. The summed E-state index contributed by atoms with van der Waals surface area (Å²) in [5, 5.41) is 13.3. The SMILES string of the molecule is Cc1occc1SCCC1CCCC1(C#N)NC1CC1.